The summed E-state index contributed by atoms with van der Waals surface area (Å²) in [5.41, 5.74) is 1.44. The summed E-state index contributed by atoms with van der Waals surface area (Å²) >= 11 is 0. The Morgan fingerprint density at radius 2 is 2.00 bits per heavy atom. The summed E-state index contributed by atoms with van der Waals surface area (Å²) in [6, 6.07) is 0. The Bertz CT molecular complexity index is 774. The number of carbonyl (C=O) groups is 2. The highest BCUT2D eigenvalue weighted by molar-refractivity contribution is 6.20. The Hall–Kier alpha value is -1.84. The van der Waals surface area contributed by atoms with Crippen molar-refractivity contribution in [3.05, 3.63) is 35.3 Å². The molecule has 0 aliphatic heterocycles. The monoisotopic (exact) mass is 400 g/mol. The van der Waals surface area contributed by atoms with Crippen LogP contribution >= 0.6 is 0 Å². The van der Waals surface area contributed by atoms with E-state index in [-0.39, 0.29) is 27.9 Å². The molecule has 2 saturated carbocycles. The molecule has 0 radical (unpaired) electrons. The standard InChI is InChI=1S/C25H36O4/c1-6-7-13-29-20-14-19(26)22(27)18(23(20)28)15-25(5)17(3)11-12-24(4)16(2)9-8-10-21(24)25/h14,17,21,27H,2,6-13,15H2,1,3-5H3/t17-,21+,24+,25+/m0/s1. The molecule has 0 aromatic heterocycles. The first-order chi connectivity index (χ1) is 13.6. The first kappa shape index (κ1) is 21.9. The molecule has 1 N–H and O–H groups in total. The molecule has 4 atom stereocenters. The molecule has 4 nitrogen and oxygen atoms in total. The summed E-state index contributed by atoms with van der Waals surface area (Å²) in [4.78, 5) is 25.5. The highest BCUT2D eigenvalue weighted by Gasteiger charge is 2.55. The summed E-state index contributed by atoms with van der Waals surface area (Å²) in [7, 11) is 0. The summed E-state index contributed by atoms with van der Waals surface area (Å²) in [5.74, 6) is -0.376. The topological polar surface area (TPSA) is 63.6 Å². The van der Waals surface area contributed by atoms with Gasteiger partial charge in [-0.25, -0.2) is 0 Å². The van der Waals surface area contributed by atoms with Gasteiger partial charge in [0.1, 0.15) is 0 Å². The molecule has 4 heteroatoms. The lowest BCUT2D eigenvalue weighted by atomic mass is 9.46. The van der Waals surface area contributed by atoms with Gasteiger partial charge in [0.05, 0.1) is 6.61 Å². The molecule has 3 rings (SSSR count). The summed E-state index contributed by atoms with van der Waals surface area (Å²) in [6.45, 7) is 13.7. The van der Waals surface area contributed by atoms with Gasteiger partial charge in [0.25, 0.3) is 0 Å². The van der Waals surface area contributed by atoms with E-state index in [4.69, 9.17) is 4.74 Å². The van der Waals surface area contributed by atoms with Gasteiger partial charge in [0.2, 0.25) is 11.6 Å². The lowest BCUT2D eigenvalue weighted by Gasteiger charge is -2.59. The van der Waals surface area contributed by atoms with E-state index in [1.807, 2.05) is 6.92 Å². The lowest BCUT2D eigenvalue weighted by molar-refractivity contribution is -0.121. The van der Waals surface area contributed by atoms with Gasteiger partial charge in [-0.3, -0.25) is 9.59 Å². The number of fused-ring (bicyclic) bond motifs is 1. The summed E-state index contributed by atoms with van der Waals surface area (Å²) < 4.78 is 5.61. The van der Waals surface area contributed by atoms with E-state index < -0.39 is 11.5 Å². The van der Waals surface area contributed by atoms with E-state index in [0.717, 1.165) is 51.0 Å². The van der Waals surface area contributed by atoms with Crippen molar-refractivity contribution < 1.29 is 19.4 Å². The Kier molecular flexibility index (Phi) is 6.12. The number of ether oxygens (including phenoxy) is 1. The lowest BCUT2D eigenvalue weighted by Crippen LogP contribution is -2.50. The maximum Gasteiger partial charge on any atom is 0.227 e. The second-order valence-corrected chi connectivity index (χ2v) is 9.82. The highest BCUT2D eigenvalue weighted by atomic mass is 16.5. The molecule has 0 heterocycles. The van der Waals surface area contributed by atoms with E-state index in [2.05, 4.69) is 27.4 Å². The minimum absolute atomic E-state index is 0.0632. The third-order valence-electron chi connectivity index (χ3n) is 8.16. The largest absolute Gasteiger partial charge is 0.504 e. The van der Waals surface area contributed by atoms with E-state index in [1.165, 1.54) is 5.57 Å². The van der Waals surface area contributed by atoms with Crippen LogP contribution < -0.4 is 0 Å². The number of aliphatic hydroxyl groups excluding tert-OH is 1. The van der Waals surface area contributed by atoms with Crippen LogP contribution in [0.15, 0.2) is 35.3 Å². The van der Waals surface area contributed by atoms with Gasteiger partial charge in [-0.15, -0.1) is 0 Å². The number of hydrogen-bond acceptors (Lipinski definition) is 4. The number of hydrogen-bond donors (Lipinski definition) is 1. The molecular weight excluding hydrogens is 364 g/mol. The third kappa shape index (κ3) is 3.71. The van der Waals surface area contributed by atoms with Crippen molar-refractivity contribution in [1.29, 1.82) is 0 Å². The number of allylic oxidation sites excluding steroid dienone is 3. The van der Waals surface area contributed by atoms with Crippen molar-refractivity contribution in [2.24, 2.45) is 22.7 Å². The summed E-state index contributed by atoms with van der Waals surface area (Å²) in [6.07, 6.45) is 8.80. The summed E-state index contributed by atoms with van der Waals surface area (Å²) in [5, 5.41) is 10.5. The van der Waals surface area contributed by atoms with Crippen molar-refractivity contribution in [1.82, 2.24) is 0 Å². The number of carbonyl (C=O) groups excluding carboxylic acids is 2. The molecule has 0 bridgehead atoms. The van der Waals surface area contributed by atoms with Crippen molar-refractivity contribution in [2.45, 2.75) is 79.1 Å². The Morgan fingerprint density at radius 3 is 2.69 bits per heavy atom. The zero-order chi connectivity index (χ0) is 21.4. The van der Waals surface area contributed by atoms with Gasteiger partial charge in [0.15, 0.2) is 11.5 Å². The zero-order valence-corrected chi connectivity index (χ0v) is 18.5. The minimum atomic E-state index is -0.519. The van der Waals surface area contributed by atoms with Crippen LogP contribution in [0.3, 0.4) is 0 Å². The van der Waals surface area contributed by atoms with E-state index in [9.17, 15) is 14.7 Å². The van der Waals surface area contributed by atoms with Gasteiger partial charge in [0, 0.05) is 11.6 Å². The van der Waals surface area contributed by atoms with Gasteiger partial charge in [-0.05, 0) is 67.6 Å². The average molecular weight is 401 g/mol. The maximum atomic E-state index is 13.1. The fourth-order valence-corrected chi connectivity index (χ4v) is 5.90. The number of rotatable bonds is 6. The van der Waals surface area contributed by atoms with Gasteiger partial charge < -0.3 is 9.84 Å². The normalized spacial score (nSPS) is 35.4. The second kappa shape index (κ2) is 8.12. The van der Waals surface area contributed by atoms with Crippen molar-refractivity contribution >= 4 is 11.6 Å². The minimum Gasteiger partial charge on any atom is -0.504 e. The van der Waals surface area contributed by atoms with Gasteiger partial charge >= 0.3 is 0 Å². The zero-order valence-electron chi connectivity index (χ0n) is 18.5. The first-order valence-corrected chi connectivity index (χ1v) is 11.2. The third-order valence-corrected chi connectivity index (χ3v) is 8.16. The van der Waals surface area contributed by atoms with Crippen LogP contribution in [0.25, 0.3) is 0 Å². The quantitative estimate of drug-likeness (QED) is 0.346. The fraction of sp³-hybridized carbons (Fsp3) is 0.680. The predicted molar refractivity (Wildman–Crippen MR) is 114 cm³/mol. The second-order valence-electron chi connectivity index (χ2n) is 9.82. The van der Waals surface area contributed by atoms with Crippen LogP contribution in [-0.2, 0) is 14.3 Å². The molecule has 160 valence electrons. The number of aliphatic hydroxyl groups is 1. The van der Waals surface area contributed by atoms with E-state index in [1.54, 1.807) is 0 Å². The smallest absolute Gasteiger partial charge is 0.227 e. The molecule has 2 fully saturated rings. The first-order valence-electron chi connectivity index (χ1n) is 11.2. The van der Waals surface area contributed by atoms with Crippen molar-refractivity contribution in [3.8, 4) is 0 Å². The Balaban J connectivity index is 1.91. The van der Waals surface area contributed by atoms with Crippen LogP contribution in [0.5, 0.6) is 0 Å². The molecule has 0 amide bonds. The number of Topliss-reactive ketones (excluding diaryl/α,β-unsaturated/α-hetero) is 1. The average Bonchev–Trinajstić information content (AvgIpc) is 2.68. The van der Waals surface area contributed by atoms with Crippen LogP contribution in [0.2, 0.25) is 0 Å². The molecule has 0 unspecified atom stereocenters. The van der Waals surface area contributed by atoms with Crippen LogP contribution in [-0.4, -0.2) is 23.3 Å². The van der Waals surface area contributed by atoms with Crippen LogP contribution in [0.1, 0.15) is 79.1 Å². The maximum absolute atomic E-state index is 13.1. The number of unbranched alkanes of at least 4 members (excludes halogenated alkanes) is 1. The molecule has 3 aliphatic rings. The number of ketones is 2. The van der Waals surface area contributed by atoms with Crippen LogP contribution in [0.4, 0.5) is 0 Å². The Labute approximate surface area is 175 Å². The molecule has 0 aromatic rings. The Morgan fingerprint density at radius 1 is 1.28 bits per heavy atom. The van der Waals surface area contributed by atoms with E-state index in [0.29, 0.717) is 24.9 Å². The van der Waals surface area contributed by atoms with Gasteiger partial charge in [-0.1, -0.05) is 46.3 Å². The molecular formula is C25H36O4. The van der Waals surface area contributed by atoms with E-state index >= 15 is 0 Å². The molecule has 0 saturated heterocycles. The van der Waals surface area contributed by atoms with Crippen molar-refractivity contribution in [2.75, 3.05) is 6.61 Å². The molecule has 0 aromatic carbocycles. The fourth-order valence-electron chi connectivity index (χ4n) is 5.90. The van der Waals surface area contributed by atoms with Crippen molar-refractivity contribution in [3.63, 3.8) is 0 Å². The molecule has 3 aliphatic carbocycles. The highest BCUT2D eigenvalue weighted by Crippen LogP contribution is 2.63. The van der Waals surface area contributed by atoms with Gasteiger partial charge in [-0.2, -0.15) is 0 Å². The predicted octanol–water partition coefficient (Wildman–Crippen LogP) is 5.84. The SMILES string of the molecule is C=C1CCC[C@H]2[C@](C)(CC3=C(O)C(=O)C=C(OCCCC)C3=O)[C@@H](C)CC[C@]12C. The molecule has 29 heavy (non-hydrogen) atoms. The van der Waals surface area contributed by atoms with Crippen LogP contribution in [0, 0.1) is 22.7 Å². The molecule has 0 spiro atoms.